The van der Waals surface area contributed by atoms with E-state index >= 15 is 0 Å². The second-order valence-corrected chi connectivity index (χ2v) is 6.19. The van der Waals surface area contributed by atoms with Gasteiger partial charge in [0.25, 0.3) is 5.91 Å². The molecule has 1 aliphatic rings. The zero-order valence-electron chi connectivity index (χ0n) is 14.1. The molecule has 2 amide bonds. The van der Waals surface area contributed by atoms with E-state index in [2.05, 4.69) is 17.1 Å². The van der Waals surface area contributed by atoms with Gasteiger partial charge in [-0.1, -0.05) is 31.5 Å². The lowest BCUT2D eigenvalue weighted by atomic mass is 10.2. The minimum atomic E-state index is 0.0752. The van der Waals surface area contributed by atoms with Crippen LogP contribution in [0.4, 0.5) is 0 Å². The summed E-state index contributed by atoms with van der Waals surface area (Å²) in [5.74, 6) is 0.153. The molecule has 2 rings (SSSR count). The lowest BCUT2D eigenvalue weighted by Gasteiger charge is -2.34. The van der Waals surface area contributed by atoms with Gasteiger partial charge in [0.05, 0.1) is 6.54 Å². The number of nitrogens with zero attached hydrogens (tertiary/aromatic N) is 2. The molecule has 126 valence electrons. The normalized spacial score (nSPS) is 16.9. The molecule has 1 aliphatic heterocycles. The van der Waals surface area contributed by atoms with Gasteiger partial charge in [-0.05, 0) is 25.5 Å². The second kappa shape index (κ2) is 8.67. The summed E-state index contributed by atoms with van der Waals surface area (Å²) in [4.78, 5) is 28.4. The minimum absolute atomic E-state index is 0.0752. The summed E-state index contributed by atoms with van der Waals surface area (Å²) in [6.07, 6.45) is 2.08. The molecule has 0 aromatic heterocycles. The van der Waals surface area contributed by atoms with Crippen LogP contribution in [0.15, 0.2) is 30.3 Å². The van der Waals surface area contributed by atoms with Crippen LogP contribution in [0.5, 0.6) is 0 Å². The Kier molecular flexibility index (Phi) is 6.59. The van der Waals surface area contributed by atoms with Gasteiger partial charge in [-0.3, -0.25) is 14.5 Å². The van der Waals surface area contributed by atoms with Crippen molar-refractivity contribution in [3.05, 3.63) is 35.9 Å². The third-order valence-corrected chi connectivity index (χ3v) is 4.18. The molecule has 1 N–H and O–H groups in total. The summed E-state index contributed by atoms with van der Waals surface area (Å²) >= 11 is 0. The SMILES string of the molecule is CCCC(C)NC(=O)CN1CCN(C(=O)c2ccccc2)CC1. The Bertz CT molecular complexity index is 510. The monoisotopic (exact) mass is 317 g/mol. The molecule has 1 saturated heterocycles. The van der Waals surface area contributed by atoms with E-state index in [4.69, 9.17) is 0 Å². The van der Waals surface area contributed by atoms with Gasteiger partial charge < -0.3 is 10.2 Å². The number of carbonyl (C=O) groups is 2. The zero-order chi connectivity index (χ0) is 16.7. The highest BCUT2D eigenvalue weighted by molar-refractivity contribution is 5.94. The summed E-state index contributed by atoms with van der Waals surface area (Å²) in [6.45, 7) is 7.41. The predicted octanol–water partition coefficient (Wildman–Crippen LogP) is 1.75. The van der Waals surface area contributed by atoms with E-state index in [1.807, 2.05) is 42.2 Å². The van der Waals surface area contributed by atoms with Crippen molar-refractivity contribution in [1.82, 2.24) is 15.1 Å². The molecule has 0 radical (unpaired) electrons. The number of rotatable bonds is 6. The van der Waals surface area contributed by atoms with Gasteiger partial charge in [0.2, 0.25) is 5.91 Å². The summed E-state index contributed by atoms with van der Waals surface area (Å²) < 4.78 is 0. The average molecular weight is 317 g/mol. The smallest absolute Gasteiger partial charge is 0.253 e. The van der Waals surface area contributed by atoms with Gasteiger partial charge in [0.15, 0.2) is 0 Å². The number of hydrogen-bond acceptors (Lipinski definition) is 3. The molecule has 1 atom stereocenters. The molecule has 1 fully saturated rings. The average Bonchev–Trinajstić information content (AvgIpc) is 2.56. The van der Waals surface area contributed by atoms with Crippen molar-refractivity contribution in [2.45, 2.75) is 32.7 Å². The van der Waals surface area contributed by atoms with Crippen LogP contribution in [0.2, 0.25) is 0 Å². The van der Waals surface area contributed by atoms with Gasteiger partial charge >= 0.3 is 0 Å². The lowest BCUT2D eigenvalue weighted by Crippen LogP contribution is -2.51. The molecule has 1 unspecified atom stereocenters. The number of hydrogen-bond donors (Lipinski definition) is 1. The first-order valence-electron chi connectivity index (χ1n) is 8.46. The molecule has 0 saturated carbocycles. The van der Waals surface area contributed by atoms with Crippen molar-refractivity contribution in [3.63, 3.8) is 0 Å². The Hall–Kier alpha value is -1.88. The van der Waals surface area contributed by atoms with Crippen LogP contribution >= 0.6 is 0 Å². The maximum absolute atomic E-state index is 12.4. The van der Waals surface area contributed by atoms with E-state index in [1.165, 1.54) is 0 Å². The highest BCUT2D eigenvalue weighted by atomic mass is 16.2. The quantitative estimate of drug-likeness (QED) is 0.870. The lowest BCUT2D eigenvalue weighted by molar-refractivity contribution is -0.123. The van der Waals surface area contributed by atoms with Crippen molar-refractivity contribution in [2.24, 2.45) is 0 Å². The molecule has 23 heavy (non-hydrogen) atoms. The van der Waals surface area contributed by atoms with E-state index in [0.29, 0.717) is 19.6 Å². The third kappa shape index (κ3) is 5.36. The van der Waals surface area contributed by atoms with Gasteiger partial charge in [-0.25, -0.2) is 0 Å². The molecule has 1 aromatic rings. The fourth-order valence-corrected chi connectivity index (χ4v) is 2.90. The minimum Gasteiger partial charge on any atom is -0.353 e. The van der Waals surface area contributed by atoms with Crippen LogP contribution in [-0.4, -0.2) is 60.4 Å². The molecule has 0 spiro atoms. The third-order valence-electron chi connectivity index (χ3n) is 4.18. The second-order valence-electron chi connectivity index (χ2n) is 6.19. The maximum atomic E-state index is 12.4. The summed E-state index contributed by atoms with van der Waals surface area (Å²) in [5.41, 5.74) is 0.729. The Morgan fingerprint density at radius 2 is 1.78 bits per heavy atom. The highest BCUT2D eigenvalue weighted by Crippen LogP contribution is 2.08. The van der Waals surface area contributed by atoms with E-state index in [1.54, 1.807) is 0 Å². The Labute approximate surface area is 138 Å². The predicted molar refractivity (Wildman–Crippen MR) is 91.3 cm³/mol. The van der Waals surface area contributed by atoms with Crippen molar-refractivity contribution >= 4 is 11.8 Å². The van der Waals surface area contributed by atoms with Crippen molar-refractivity contribution in [3.8, 4) is 0 Å². The topological polar surface area (TPSA) is 52.7 Å². The number of carbonyl (C=O) groups excluding carboxylic acids is 2. The number of nitrogens with one attached hydrogen (secondary N) is 1. The largest absolute Gasteiger partial charge is 0.353 e. The molecule has 5 nitrogen and oxygen atoms in total. The summed E-state index contributed by atoms with van der Waals surface area (Å²) in [6, 6.07) is 9.59. The molecular formula is C18H27N3O2. The van der Waals surface area contributed by atoms with Crippen molar-refractivity contribution < 1.29 is 9.59 Å². The van der Waals surface area contributed by atoms with Gasteiger partial charge in [0.1, 0.15) is 0 Å². The van der Waals surface area contributed by atoms with E-state index in [9.17, 15) is 9.59 Å². The molecule has 1 heterocycles. The Morgan fingerprint density at radius 3 is 2.39 bits per heavy atom. The number of piperazine rings is 1. The van der Waals surface area contributed by atoms with Crippen LogP contribution in [0.1, 0.15) is 37.0 Å². The van der Waals surface area contributed by atoms with Crippen LogP contribution in [-0.2, 0) is 4.79 Å². The van der Waals surface area contributed by atoms with E-state index in [0.717, 1.165) is 31.5 Å². The molecule has 5 heteroatoms. The van der Waals surface area contributed by atoms with Crippen LogP contribution in [0.3, 0.4) is 0 Å². The van der Waals surface area contributed by atoms with Crippen LogP contribution < -0.4 is 5.32 Å². The van der Waals surface area contributed by atoms with Gasteiger partial charge in [-0.15, -0.1) is 0 Å². The Morgan fingerprint density at radius 1 is 1.13 bits per heavy atom. The molecule has 0 aliphatic carbocycles. The van der Waals surface area contributed by atoms with Gasteiger partial charge in [-0.2, -0.15) is 0 Å². The van der Waals surface area contributed by atoms with E-state index < -0.39 is 0 Å². The fraction of sp³-hybridized carbons (Fsp3) is 0.556. The fourth-order valence-electron chi connectivity index (χ4n) is 2.90. The molecular weight excluding hydrogens is 290 g/mol. The first kappa shape index (κ1) is 17.5. The standard InChI is InChI=1S/C18H27N3O2/c1-3-7-15(2)19-17(22)14-20-10-12-21(13-11-20)18(23)16-8-5-4-6-9-16/h4-6,8-9,15H,3,7,10-14H2,1-2H3,(H,19,22). The van der Waals surface area contributed by atoms with Crippen molar-refractivity contribution in [1.29, 1.82) is 0 Å². The first-order valence-corrected chi connectivity index (χ1v) is 8.46. The van der Waals surface area contributed by atoms with Gasteiger partial charge in [0, 0.05) is 37.8 Å². The summed E-state index contributed by atoms with van der Waals surface area (Å²) in [7, 11) is 0. The van der Waals surface area contributed by atoms with Crippen LogP contribution in [0.25, 0.3) is 0 Å². The Balaban J connectivity index is 1.75. The summed E-state index contributed by atoms with van der Waals surface area (Å²) in [5, 5.41) is 3.03. The zero-order valence-corrected chi connectivity index (χ0v) is 14.1. The maximum Gasteiger partial charge on any atom is 0.253 e. The van der Waals surface area contributed by atoms with Crippen molar-refractivity contribution in [2.75, 3.05) is 32.7 Å². The number of amides is 2. The number of benzene rings is 1. The molecule has 0 bridgehead atoms. The molecule has 1 aromatic carbocycles. The van der Waals surface area contributed by atoms with Crippen LogP contribution in [0, 0.1) is 0 Å². The van der Waals surface area contributed by atoms with E-state index in [-0.39, 0.29) is 17.9 Å². The first-order chi connectivity index (χ1) is 11.1. The highest BCUT2D eigenvalue weighted by Gasteiger charge is 2.23.